The second-order valence-electron chi connectivity index (χ2n) is 6.05. The highest BCUT2D eigenvalue weighted by Crippen LogP contribution is 2.29. The van der Waals surface area contributed by atoms with Crippen LogP contribution in [0.5, 0.6) is 0 Å². The summed E-state index contributed by atoms with van der Waals surface area (Å²) in [5.41, 5.74) is 9.37. The Morgan fingerprint density at radius 3 is 2.80 bits per heavy atom. The molecule has 2 heterocycles. The molecule has 0 aliphatic carbocycles. The van der Waals surface area contributed by atoms with Crippen LogP contribution < -0.4 is 5.73 Å². The first-order chi connectivity index (χ1) is 12.1. The quantitative estimate of drug-likeness (QED) is 0.548. The zero-order chi connectivity index (χ0) is 17.6. The van der Waals surface area contributed by atoms with E-state index in [9.17, 15) is 4.79 Å². The Morgan fingerprint density at radius 2 is 2.00 bits per heavy atom. The lowest BCUT2D eigenvalue weighted by molar-refractivity contribution is 0.0937. The van der Waals surface area contributed by atoms with E-state index in [1.807, 2.05) is 49.4 Å². The molecule has 0 fully saturated rings. The Hall–Kier alpha value is -2.37. The van der Waals surface area contributed by atoms with Crippen LogP contribution in [0.15, 0.2) is 57.4 Å². The topological polar surface area (TPSA) is 61.2 Å². The molecular weight excluding hydrogens is 380 g/mol. The van der Waals surface area contributed by atoms with Gasteiger partial charge in [0.15, 0.2) is 5.76 Å². The minimum Gasteiger partial charge on any atom is -0.451 e. The van der Waals surface area contributed by atoms with Gasteiger partial charge in [-0.05, 0) is 55.8 Å². The maximum Gasteiger partial charge on any atom is 0.298 e. The fourth-order valence-corrected chi connectivity index (χ4v) is 3.72. The number of hydrogen-bond acceptors (Lipinski definition) is 3. The summed E-state index contributed by atoms with van der Waals surface area (Å²) in [7, 11) is 0. The molecule has 2 N–H and O–H groups in total. The average molecular weight is 397 g/mol. The van der Waals surface area contributed by atoms with Crippen molar-refractivity contribution in [2.45, 2.75) is 13.3 Å². The van der Waals surface area contributed by atoms with Crippen LogP contribution in [-0.4, -0.2) is 17.0 Å². The fraction of sp³-hybridized carbons (Fsp3) is 0.150. The number of benzene rings is 2. The molecule has 4 nitrogen and oxygen atoms in total. The molecule has 4 aromatic rings. The molecule has 0 aliphatic heterocycles. The number of aromatic nitrogens is 1. The monoisotopic (exact) mass is 396 g/mol. The van der Waals surface area contributed by atoms with E-state index in [1.54, 1.807) is 10.6 Å². The Balaban J connectivity index is 1.90. The standard InChI is InChI=1S/C20H17BrN2O2/c1-12-15(8-9-22)16-4-2-3-5-17(16)23(12)20(24)19-10-13-6-7-14(21)11-18(13)25-19/h2-7,10-11H,8-9,22H2,1H3. The second-order valence-corrected chi connectivity index (χ2v) is 6.97. The molecule has 0 saturated heterocycles. The molecule has 0 amide bonds. The summed E-state index contributed by atoms with van der Waals surface area (Å²) in [4.78, 5) is 13.2. The molecular formula is C20H17BrN2O2. The van der Waals surface area contributed by atoms with Crippen LogP contribution in [0.2, 0.25) is 0 Å². The van der Waals surface area contributed by atoms with E-state index in [2.05, 4.69) is 15.9 Å². The Kier molecular flexibility index (Phi) is 3.98. The average Bonchev–Trinajstić information content (AvgIpc) is 3.14. The Labute approximate surface area is 153 Å². The molecule has 2 aromatic carbocycles. The van der Waals surface area contributed by atoms with Gasteiger partial charge in [-0.1, -0.05) is 34.1 Å². The molecule has 0 spiro atoms. The fourth-order valence-electron chi connectivity index (χ4n) is 3.38. The van der Waals surface area contributed by atoms with Gasteiger partial charge >= 0.3 is 0 Å². The van der Waals surface area contributed by atoms with Gasteiger partial charge in [-0.2, -0.15) is 0 Å². The molecule has 0 unspecified atom stereocenters. The summed E-state index contributed by atoms with van der Waals surface area (Å²) in [6.07, 6.45) is 0.736. The van der Waals surface area contributed by atoms with E-state index < -0.39 is 0 Å². The molecule has 0 bridgehead atoms. The van der Waals surface area contributed by atoms with Crippen molar-refractivity contribution in [3.05, 3.63) is 70.0 Å². The minimum atomic E-state index is -0.163. The van der Waals surface area contributed by atoms with Gasteiger partial charge in [0.2, 0.25) is 0 Å². The molecule has 0 radical (unpaired) electrons. The van der Waals surface area contributed by atoms with Crippen molar-refractivity contribution < 1.29 is 9.21 Å². The summed E-state index contributed by atoms with van der Waals surface area (Å²) < 4.78 is 8.46. The van der Waals surface area contributed by atoms with Crippen LogP contribution in [0.3, 0.4) is 0 Å². The number of para-hydroxylation sites is 1. The minimum absolute atomic E-state index is 0.163. The van der Waals surface area contributed by atoms with Gasteiger partial charge in [0.25, 0.3) is 5.91 Å². The molecule has 25 heavy (non-hydrogen) atoms. The predicted molar refractivity (Wildman–Crippen MR) is 103 cm³/mol. The van der Waals surface area contributed by atoms with E-state index in [0.717, 1.165) is 38.4 Å². The first kappa shape index (κ1) is 16.1. The zero-order valence-electron chi connectivity index (χ0n) is 13.8. The number of carbonyl (C=O) groups excluding carboxylic acids is 1. The summed E-state index contributed by atoms with van der Waals surface area (Å²) in [6.45, 7) is 2.50. The smallest absolute Gasteiger partial charge is 0.298 e. The summed E-state index contributed by atoms with van der Waals surface area (Å²) in [6, 6.07) is 15.4. The lowest BCUT2D eigenvalue weighted by atomic mass is 10.1. The number of carbonyl (C=O) groups is 1. The Morgan fingerprint density at radius 1 is 1.20 bits per heavy atom. The van der Waals surface area contributed by atoms with Crippen molar-refractivity contribution in [2.24, 2.45) is 5.73 Å². The van der Waals surface area contributed by atoms with Gasteiger partial charge in [-0.25, -0.2) is 0 Å². The van der Waals surface area contributed by atoms with Crippen molar-refractivity contribution in [1.82, 2.24) is 4.57 Å². The summed E-state index contributed by atoms with van der Waals surface area (Å²) in [5.74, 6) is 0.167. The number of nitrogens with zero attached hydrogens (tertiary/aromatic N) is 1. The lowest BCUT2D eigenvalue weighted by Crippen LogP contribution is -2.13. The number of hydrogen-bond donors (Lipinski definition) is 1. The second kappa shape index (κ2) is 6.17. The van der Waals surface area contributed by atoms with E-state index in [-0.39, 0.29) is 5.91 Å². The van der Waals surface area contributed by atoms with Gasteiger partial charge in [-0.15, -0.1) is 0 Å². The van der Waals surface area contributed by atoms with Gasteiger partial charge in [-0.3, -0.25) is 9.36 Å². The summed E-state index contributed by atoms with van der Waals surface area (Å²) in [5, 5.41) is 1.97. The third-order valence-corrected chi connectivity index (χ3v) is 5.03. The Bertz CT molecular complexity index is 1110. The zero-order valence-corrected chi connectivity index (χ0v) is 15.3. The van der Waals surface area contributed by atoms with Crippen LogP contribution in [0.4, 0.5) is 0 Å². The molecule has 5 heteroatoms. The molecule has 0 aliphatic rings. The lowest BCUT2D eigenvalue weighted by Gasteiger charge is -2.05. The largest absolute Gasteiger partial charge is 0.451 e. The van der Waals surface area contributed by atoms with Crippen LogP contribution in [0.1, 0.15) is 21.8 Å². The van der Waals surface area contributed by atoms with E-state index in [1.165, 1.54) is 0 Å². The highest BCUT2D eigenvalue weighted by molar-refractivity contribution is 9.10. The molecule has 126 valence electrons. The molecule has 2 aromatic heterocycles. The predicted octanol–water partition coefficient (Wildman–Crippen LogP) is 4.65. The number of halogens is 1. The first-order valence-corrected chi connectivity index (χ1v) is 8.92. The van der Waals surface area contributed by atoms with Gasteiger partial charge in [0.1, 0.15) is 5.58 Å². The molecule has 0 atom stereocenters. The van der Waals surface area contributed by atoms with Gasteiger partial charge in [0, 0.05) is 20.9 Å². The van der Waals surface area contributed by atoms with Gasteiger partial charge in [0.05, 0.1) is 5.52 Å². The van der Waals surface area contributed by atoms with Crippen LogP contribution in [0, 0.1) is 6.92 Å². The number of furan rings is 1. The summed E-state index contributed by atoms with van der Waals surface area (Å²) >= 11 is 3.43. The van der Waals surface area contributed by atoms with Crippen LogP contribution in [0.25, 0.3) is 21.9 Å². The van der Waals surface area contributed by atoms with Crippen molar-refractivity contribution in [1.29, 1.82) is 0 Å². The van der Waals surface area contributed by atoms with Crippen molar-refractivity contribution in [3.8, 4) is 0 Å². The number of fused-ring (bicyclic) bond motifs is 2. The van der Waals surface area contributed by atoms with Crippen molar-refractivity contribution in [2.75, 3.05) is 6.54 Å². The maximum atomic E-state index is 13.2. The van der Waals surface area contributed by atoms with E-state index in [4.69, 9.17) is 10.2 Å². The van der Waals surface area contributed by atoms with Crippen molar-refractivity contribution in [3.63, 3.8) is 0 Å². The number of rotatable bonds is 3. The molecule has 0 saturated carbocycles. The van der Waals surface area contributed by atoms with Crippen LogP contribution in [-0.2, 0) is 6.42 Å². The van der Waals surface area contributed by atoms with E-state index >= 15 is 0 Å². The maximum absolute atomic E-state index is 13.2. The third kappa shape index (κ3) is 2.60. The van der Waals surface area contributed by atoms with Gasteiger partial charge < -0.3 is 10.2 Å². The third-order valence-electron chi connectivity index (χ3n) is 4.53. The highest BCUT2D eigenvalue weighted by atomic mass is 79.9. The number of nitrogens with two attached hydrogens (primary N) is 1. The first-order valence-electron chi connectivity index (χ1n) is 8.13. The highest BCUT2D eigenvalue weighted by Gasteiger charge is 2.21. The SMILES string of the molecule is Cc1c(CCN)c2ccccc2n1C(=O)c1cc2ccc(Br)cc2o1. The molecule has 4 rings (SSSR count). The normalized spacial score (nSPS) is 11.5. The van der Waals surface area contributed by atoms with Crippen LogP contribution >= 0.6 is 15.9 Å². The van der Waals surface area contributed by atoms with Crippen molar-refractivity contribution >= 4 is 43.7 Å². The van der Waals surface area contributed by atoms with E-state index in [0.29, 0.717) is 17.9 Å².